The maximum atomic E-state index is 11.9. The Kier molecular flexibility index (Phi) is 11.5. The minimum Gasteiger partial charge on any atom is -0.465 e. The van der Waals surface area contributed by atoms with Gasteiger partial charge in [0, 0.05) is 32.3 Å². The molecule has 188 valence electrons. The largest absolute Gasteiger partial charge is 0.465 e. The van der Waals surface area contributed by atoms with Crippen LogP contribution in [-0.2, 0) is 27.0 Å². The van der Waals surface area contributed by atoms with Crippen molar-refractivity contribution in [2.24, 2.45) is 0 Å². The Morgan fingerprint density at radius 1 is 0.971 bits per heavy atom. The molecule has 2 rings (SSSR count). The number of nitrogens with one attached hydrogen (secondary N) is 1. The molecule has 5 nitrogen and oxygen atoms in total. The number of benzene rings is 2. The van der Waals surface area contributed by atoms with Gasteiger partial charge in [-0.1, -0.05) is 81.4 Å². The Morgan fingerprint density at radius 2 is 1.50 bits per heavy atom. The standard InChI is InChI=1S/C28H44N2O3Si/c1-7-32-27(31)21-29-20-26(18-19-33-34(5,6)28(2,3)4)30(22-24-14-10-8-11-15-24)23-25-16-12-9-13-17-25/h8-17,26,29H,7,18-23H2,1-6H3/t26-/m0/s1. The molecule has 2 aromatic rings. The molecule has 0 aliphatic carbocycles. The molecule has 0 unspecified atom stereocenters. The maximum absolute atomic E-state index is 11.9. The number of rotatable bonds is 14. The van der Waals surface area contributed by atoms with Gasteiger partial charge in [0.15, 0.2) is 8.32 Å². The van der Waals surface area contributed by atoms with E-state index in [2.05, 4.69) is 105 Å². The quantitative estimate of drug-likeness (QED) is 0.278. The number of esters is 1. The molecular weight excluding hydrogens is 440 g/mol. The first-order valence-corrected chi connectivity index (χ1v) is 15.4. The molecule has 0 heterocycles. The molecule has 0 bridgehead atoms. The second-order valence-corrected chi connectivity index (χ2v) is 15.2. The molecule has 0 aliphatic rings. The highest BCUT2D eigenvalue weighted by atomic mass is 28.4. The van der Waals surface area contributed by atoms with Crippen molar-refractivity contribution in [3.63, 3.8) is 0 Å². The molecule has 0 spiro atoms. The van der Waals surface area contributed by atoms with E-state index in [1.54, 1.807) is 0 Å². The first kappa shape index (κ1) is 28.2. The third kappa shape index (κ3) is 9.70. The van der Waals surface area contributed by atoms with Crippen LogP contribution in [0.1, 0.15) is 45.2 Å². The second-order valence-electron chi connectivity index (χ2n) is 10.4. The average molecular weight is 485 g/mol. The molecule has 34 heavy (non-hydrogen) atoms. The van der Waals surface area contributed by atoms with Gasteiger partial charge in [-0.2, -0.15) is 0 Å². The predicted molar refractivity (Wildman–Crippen MR) is 143 cm³/mol. The molecular formula is C28H44N2O3Si. The van der Waals surface area contributed by atoms with Crippen molar-refractivity contribution in [3.8, 4) is 0 Å². The van der Waals surface area contributed by atoms with E-state index in [0.717, 1.165) is 19.5 Å². The van der Waals surface area contributed by atoms with E-state index in [9.17, 15) is 4.79 Å². The van der Waals surface area contributed by atoms with Gasteiger partial charge in [0.25, 0.3) is 0 Å². The van der Waals surface area contributed by atoms with Crippen molar-refractivity contribution >= 4 is 14.3 Å². The second kappa shape index (κ2) is 13.8. The minimum atomic E-state index is -1.83. The summed E-state index contributed by atoms with van der Waals surface area (Å²) in [6, 6.07) is 21.4. The van der Waals surface area contributed by atoms with Crippen molar-refractivity contribution < 1.29 is 14.0 Å². The van der Waals surface area contributed by atoms with E-state index in [1.807, 2.05) is 6.92 Å². The summed E-state index contributed by atoms with van der Waals surface area (Å²) in [5.41, 5.74) is 2.55. The van der Waals surface area contributed by atoms with Crippen LogP contribution in [0.2, 0.25) is 18.1 Å². The summed E-state index contributed by atoms with van der Waals surface area (Å²) in [5.74, 6) is -0.212. The van der Waals surface area contributed by atoms with E-state index < -0.39 is 8.32 Å². The number of carbonyl (C=O) groups excluding carboxylic acids is 1. The highest BCUT2D eigenvalue weighted by Crippen LogP contribution is 2.36. The van der Waals surface area contributed by atoms with E-state index in [4.69, 9.17) is 9.16 Å². The molecule has 0 saturated heterocycles. The summed E-state index contributed by atoms with van der Waals surface area (Å²) >= 11 is 0. The number of ether oxygens (including phenoxy) is 1. The molecule has 0 saturated carbocycles. The number of nitrogens with zero attached hydrogens (tertiary/aromatic N) is 1. The molecule has 0 fully saturated rings. The van der Waals surface area contributed by atoms with Crippen LogP contribution >= 0.6 is 0 Å². The van der Waals surface area contributed by atoms with Crippen LogP contribution < -0.4 is 5.32 Å². The van der Waals surface area contributed by atoms with Gasteiger partial charge >= 0.3 is 5.97 Å². The van der Waals surface area contributed by atoms with Gasteiger partial charge in [-0.05, 0) is 42.6 Å². The zero-order chi connectivity index (χ0) is 25.0. The van der Waals surface area contributed by atoms with Gasteiger partial charge in [-0.15, -0.1) is 0 Å². The predicted octanol–water partition coefficient (Wildman–Crippen LogP) is 5.62. The lowest BCUT2D eigenvalue weighted by Gasteiger charge is -2.38. The minimum absolute atomic E-state index is 0.179. The van der Waals surface area contributed by atoms with E-state index in [-0.39, 0.29) is 23.6 Å². The molecule has 0 radical (unpaired) electrons. The lowest BCUT2D eigenvalue weighted by Crippen LogP contribution is -2.45. The molecule has 6 heteroatoms. The average Bonchev–Trinajstić information content (AvgIpc) is 2.78. The topological polar surface area (TPSA) is 50.8 Å². The normalized spacial score (nSPS) is 13.1. The first-order valence-electron chi connectivity index (χ1n) is 12.4. The van der Waals surface area contributed by atoms with Crippen LogP contribution in [0.3, 0.4) is 0 Å². The lowest BCUT2D eigenvalue weighted by molar-refractivity contribution is -0.142. The molecule has 0 aromatic heterocycles. The van der Waals surface area contributed by atoms with Crippen LogP contribution in [0.5, 0.6) is 0 Å². The Bertz CT molecular complexity index is 796. The number of hydrogen-bond acceptors (Lipinski definition) is 5. The van der Waals surface area contributed by atoms with Gasteiger partial charge in [0.2, 0.25) is 0 Å². The fourth-order valence-electron chi connectivity index (χ4n) is 3.58. The Balaban J connectivity index is 2.18. The summed E-state index contributed by atoms with van der Waals surface area (Å²) in [5, 5.41) is 3.52. The van der Waals surface area contributed by atoms with Crippen molar-refractivity contribution in [3.05, 3.63) is 71.8 Å². The first-order chi connectivity index (χ1) is 16.1. The van der Waals surface area contributed by atoms with Crippen LogP contribution in [0, 0.1) is 0 Å². The zero-order valence-corrected chi connectivity index (χ0v) is 23.0. The van der Waals surface area contributed by atoms with Crippen molar-refractivity contribution in [2.75, 3.05) is 26.3 Å². The summed E-state index contributed by atoms with van der Waals surface area (Å²) < 4.78 is 11.6. The Morgan fingerprint density at radius 3 is 1.97 bits per heavy atom. The SMILES string of the molecule is CCOC(=O)CNC[C@H](CCO[Si](C)(C)C(C)(C)C)N(Cc1ccccc1)Cc1ccccc1. The fraction of sp³-hybridized carbons (Fsp3) is 0.536. The van der Waals surface area contributed by atoms with Crippen LogP contribution in [0.4, 0.5) is 0 Å². The van der Waals surface area contributed by atoms with Crippen molar-refractivity contribution in [1.82, 2.24) is 10.2 Å². The lowest BCUT2D eigenvalue weighted by atomic mass is 10.1. The number of carbonyl (C=O) groups is 1. The molecule has 0 amide bonds. The summed E-state index contributed by atoms with van der Waals surface area (Å²) in [7, 11) is -1.83. The summed E-state index contributed by atoms with van der Waals surface area (Å²) in [6.45, 7) is 16.9. The van der Waals surface area contributed by atoms with E-state index in [1.165, 1.54) is 11.1 Å². The van der Waals surface area contributed by atoms with Gasteiger partial charge < -0.3 is 14.5 Å². The van der Waals surface area contributed by atoms with Crippen LogP contribution in [0.15, 0.2) is 60.7 Å². The monoisotopic (exact) mass is 484 g/mol. The Labute approximate surface area is 208 Å². The Hall–Kier alpha value is -1.99. The van der Waals surface area contributed by atoms with Gasteiger partial charge in [-0.3, -0.25) is 9.69 Å². The third-order valence-corrected chi connectivity index (χ3v) is 11.2. The van der Waals surface area contributed by atoms with Gasteiger partial charge in [0.05, 0.1) is 13.2 Å². The molecule has 2 aromatic carbocycles. The highest BCUT2D eigenvalue weighted by molar-refractivity contribution is 6.74. The van der Waals surface area contributed by atoms with E-state index >= 15 is 0 Å². The fourth-order valence-corrected chi connectivity index (χ4v) is 4.64. The molecule has 1 atom stereocenters. The van der Waals surface area contributed by atoms with E-state index in [0.29, 0.717) is 19.8 Å². The van der Waals surface area contributed by atoms with Crippen molar-refractivity contribution in [2.45, 2.75) is 71.4 Å². The van der Waals surface area contributed by atoms with Gasteiger partial charge in [-0.25, -0.2) is 0 Å². The van der Waals surface area contributed by atoms with Crippen molar-refractivity contribution in [1.29, 1.82) is 0 Å². The summed E-state index contributed by atoms with van der Waals surface area (Å²) in [4.78, 5) is 14.4. The van der Waals surface area contributed by atoms with Crippen LogP contribution in [0.25, 0.3) is 0 Å². The molecule has 1 N–H and O–H groups in total. The van der Waals surface area contributed by atoms with Crippen LogP contribution in [-0.4, -0.2) is 51.5 Å². The third-order valence-electron chi connectivity index (χ3n) is 6.65. The number of hydrogen-bond donors (Lipinski definition) is 1. The summed E-state index contributed by atoms with van der Waals surface area (Å²) in [6.07, 6.45) is 0.891. The maximum Gasteiger partial charge on any atom is 0.319 e. The smallest absolute Gasteiger partial charge is 0.319 e. The van der Waals surface area contributed by atoms with Gasteiger partial charge in [0.1, 0.15) is 0 Å². The zero-order valence-electron chi connectivity index (χ0n) is 22.0. The highest BCUT2D eigenvalue weighted by Gasteiger charge is 2.37. The molecule has 0 aliphatic heterocycles.